The summed E-state index contributed by atoms with van der Waals surface area (Å²) in [6.45, 7) is 1.37. The van der Waals surface area contributed by atoms with Crippen LogP contribution in [0, 0.1) is 0 Å². The number of carboxylic acids is 1. The number of ether oxygens (including phenoxy) is 1. The van der Waals surface area contributed by atoms with E-state index in [4.69, 9.17) is 9.84 Å². The predicted molar refractivity (Wildman–Crippen MR) is 79.4 cm³/mol. The molecule has 0 radical (unpaired) electrons. The van der Waals surface area contributed by atoms with Crippen LogP contribution in [0.5, 0.6) is 5.75 Å². The molecule has 0 aliphatic rings. The maximum absolute atomic E-state index is 10.8. The van der Waals surface area contributed by atoms with Gasteiger partial charge in [0.25, 0.3) is 0 Å². The molecule has 2 aromatic rings. The van der Waals surface area contributed by atoms with Gasteiger partial charge in [0, 0.05) is 24.8 Å². The smallest absolute Gasteiger partial charge is 0.337 e. The predicted octanol–water partition coefficient (Wildman–Crippen LogP) is 2.42. The van der Waals surface area contributed by atoms with Crippen LogP contribution in [0.25, 0.3) is 0 Å². The third-order valence-electron chi connectivity index (χ3n) is 3.14. The highest BCUT2D eigenvalue weighted by Crippen LogP contribution is 2.19. The van der Waals surface area contributed by atoms with Crippen LogP contribution in [0.3, 0.4) is 0 Å². The van der Waals surface area contributed by atoms with E-state index >= 15 is 0 Å². The Kier molecular flexibility index (Phi) is 4.90. The lowest BCUT2D eigenvalue weighted by atomic mass is 10.2. The zero-order valence-corrected chi connectivity index (χ0v) is 12.1. The van der Waals surface area contributed by atoms with Crippen molar-refractivity contribution < 1.29 is 14.6 Å². The molecule has 0 saturated carbocycles. The highest BCUT2D eigenvalue weighted by atomic mass is 16.5. The zero-order chi connectivity index (χ0) is 15.2. The summed E-state index contributed by atoms with van der Waals surface area (Å²) >= 11 is 0. The zero-order valence-electron chi connectivity index (χ0n) is 12.1. The average molecular weight is 286 g/mol. The van der Waals surface area contributed by atoms with Gasteiger partial charge in [-0.05, 0) is 25.2 Å². The molecule has 5 heteroatoms. The third-order valence-corrected chi connectivity index (χ3v) is 3.14. The van der Waals surface area contributed by atoms with Crippen LogP contribution in [-0.2, 0) is 13.1 Å². The number of methoxy groups -OCH3 is 1. The minimum Gasteiger partial charge on any atom is -0.496 e. The Bertz CT molecular complexity index is 611. The summed E-state index contributed by atoms with van der Waals surface area (Å²) < 4.78 is 5.33. The molecule has 1 N–H and O–H groups in total. The first-order chi connectivity index (χ1) is 10.1. The summed E-state index contributed by atoms with van der Waals surface area (Å²) in [4.78, 5) is 17.1. The van der Waals surface area contributed by atoms with Crippen molar-refractivity contribution in [2.75, 3.05) is 14.2 Å². The van der Waals surface area contributed by atoms with Crippen molar-refractivity contribution in [2.45, 2.75) is 13.1 Å². The van der Waals surface area contributed by atoms with Crippen molar-refractivity contribution >= 4 is 5.97 Å². The quantitative estimate of drug-likeness (QED) is 0.883. The van der Waals surface area contributed by atoms with Gasteiger partial charge in [-0.1, -0.05) is 18.2 Å². The average Bonchev–Trinajstić information content (AvgIpc) is 2.48. The number of hydrogen-bond acceptors (Lipinski definition) is 4. The largest absolute Gasteiger partial charge is 0.496 e. The molecule has 0 saturated heterocycles. The molecule has 5 nitrogen and oxygen atoms in total. The Morgan fingerprint density at radius 3 is 2.62 bits per heavy atom. The van der Waals surface area contributed by atoms with Gasteiger partial charge in [0.2, 0.25) is 0 Å². The third kappa shape index (κ3) is 4.03. The summed E-state index contributed by atoms with van der Waals surface area (Å²) in [6.07, 6.45) is 1.38. The highest BCUT2D eigenvalue weighted by molar-refractivity contribution is 5.87. The van der Waals surface area contributed by atoms with E-state index in [1.165, 1.54) is 6.20 Å². The first-order valence-corrected chi connectivity index (χ1v) is 6.59. The van der Waals surface area contributed by atoms with Crippen LogP contribution < -0.4 is 4.74 Å². The summed E-state index contributed by atoms with van der Waals surface area (Å²) in [5.74, 6) is -0.102. The number of nitrogens with zero attached hydrogens (tertiary/aromatic N) is 2. The lowest BCUT2D eigenvalue weighted by Crippen LogP contribution is -2.18. The van der Waals surface area contributed by atoms with Gasteiger partial charge in [-0.3, -0.25) is 9.88 Å². The maximum Gasteiger partial charge on any atom is 0.337 e. The highest BCUT2D eigenvalue weighted by Gasteiger charge is 2.08. The molecule has 0 bridgehead atoms. The van der Waals surface area contributed by atoms with Crippen LogP contribution in [-0.4, -0.2) is 35.1 Å². The van der Waals surface area contributed by atoms with E-state index in [-0.39, 0.29) is 5.56 Å². The number of benzene rings is 1. The fourth-order valence-electron chi connectivity index (χ4n) is 2.10. The molecule has 1 aromatic carbocycles. The number of carboxylic acid groups (broad SMARTS) is 1. The molecule has 0 atom stereocenters. The summed E-state index contributed by atoms with van der Waals surface area (Å²) in [6, 6.07) is 11.2. The second-order valence-corrected chi connectivity index (χ2v) is 4.83. The molecule has 0 aliphatic carbocycles. The second kappa shape index (κ2) is 6.85. The first-order valence-electron chi connectivity index (χ1n) is 6.59. The first kappa shape index (κ1) is 15.0. The minimum atomic E-state index is -0.962. The summed E-state index contributed by atoms with van der Waals surface area (Å²) in [7, 11) is 3.64. The van der Waals surface area contributed by atoms with E-state index in [0.29, 0.717) is 6.54 Å². The monoisotopic (exact) mass is 286 g/mol. The molecule has 0 fully saturated rings. The van der Waals surface area contributed by atoms with Crippen molar-refractivity contribution in [1.82, 2.24) is 9.88 Å². The van der Waals surface area contributed by atoms with E-state index in [2.05, 4.69) is 9.88 Å². The Balaban J connectivity index is 2.01. The van der Waals surface area contributed by atoms with Gasteiger partial charge in [-0.15, -0.1) is 0 Å². The standard InChI is InChI=1S/C16H18N2O3/c1-18(10-13-5-3-4-6-15(13)21-2)11-14-8-7-12(9-17-14)16(19)20/h3-9H,10-11H2,1-2H3,(H,19,20). The van der Waals surface area contributed by atoms with Crippen molar-refractivity contribution in [3.8, 4) is 5.75 Å². The molecule has 0 amide bonds. The molecule has 110 valence electrons. The lowest BCUT2D eigenvalue weighted by Gasteiger charge is -2.18. The van der Waals surface area contributed by atoms with E-state index in [9.17, 15) is 4.79 Å². The van der Waals surface area contributed by atoms with Gasteiger partial charge in [-0.2, -0.15) is 0 Å². The van der Waals surface area contributed by atoms with Gasteiger partial charge in [0.05, 0.1) is 18.4 Å². The lowest BCUT2D eigenvalue weighted by molar-refractivity contribution is 0.0696. The minimum absolute atomic E-state index is 0.200. The van der Waals surface area contributed by atoms with E-state index < -0.39 is 5.97 Å². The topological polar surface area (TPSA) is 62.7 Å². The molecular weight excluding hydrogens is 268 g/mol. The SMILES string of the molecule is COc1ccccc1CN(C)Cc1ccc(C(=O)O)cn1. The van der Waals surface area contributed by atoms with Crippen LogP contribution in [0.2, 0.25) is 0 Å². The van der Waals surface area contributed by atoms with E-state index in [1.54, 1.807) is 19.2 Å². The number of carbonyl (C=O) groups is 1. The molecule has 21 heavy (non-hydrogen) atoms. The maximum atomic E-state index is 10.8. The van der Waals surface area contributed by atoms with Crippen molar-refractivity contribution in [3.63, 3.8) is 0 Å². The summed E-state index contributed by atoms with van der Waals surface area (Å²) in [5, 5.41) is 8.85. The number of para-hydroxylation sites is 1. The number of aromatic carboxylic acids is 1. The van der Waals surface area contributed by atoms with Crippen LogP contribution in [0.1, 0.15) is 21.6 Å². The Labute approximate surface area is 123 Å². The van der Waals surface area contributed by atoms with Gasteiger partial charge in [0.1, 0.15) is 5.75 Å². The molecule has 0 spiro atoms. The molecule has 1 heterocycles. The van der Waals surface area contributed by atoms with Gasteiger partial charge < -0.3 is 9.84 Å². The van der Waals surface area contributed by atoms with E-state index in [1.807, 2.05) is 31.3 Å². The molecule has 0 aliphatic heterocycles. The fourth-order valence-corrected chi connectivity index (χ4v) is 2.10. The van der Waals surface area contributed by atoms with Crippen molar-refractivity contribution in [1.29, 1.82) is 0 Å². The van der Waals surface area contributed by atoms with Crippen LogP contribution in [0.4, 0.5) is 0 Å². The van der Waals surface area contributed by atoms with Gasteiger partial charge >= 0.3 is 5.97 Å². The van der Waals surface area contributed by atoms with Gasteiger partial charge in [-0.25, -0.2) is 4.79 Å². The number of aromatic nitrogens is 1. The summed E-state index contributed by atoms with van der Waals surface area (Å²) in [5.41, 5.74) is 2.13. The Morgan fingerprint density at radius 2 is 2.00 bits per heavy atom. The van der Waals surface area contributed by atoms with E-state index in [0.717, 1.165) is 23.6 Å². The molecule has 1 aromatic heterocycles. The van der Waals surface area contributed by atoms with Gasteiger partial charge in [0.15, 0.2) is 0 Å². The number of hydrogen-bond donors (Lipinski definition) is 1. The molecular formula is C16H18N2O3. The normalized spacial score (nSPS) is 10.6. The number of pyridine rings is 1. The van der Waals surface area contributed by atoms with Crippen molar-refractivity contribution in [2.24, 2.45) is 0 Å². The Morgan fingerprint density at radius 1 is 1.24 bits per heavy atom. The van der Waals surface area contributed by atoms with Crippen LogP contribution in [0.15, 0.2) is 42.6 Å². The van der Waals surface area contributed by atoms with Crippen molar-refractivity contribution in [3.05, 3.63) is 59.4 Å². The second-order valence-electron chi connectivity index (χ2n) is 4.83. The number of rotatable bonds is 6. The van der Waals surface area contributed by atoms with Crippen LogP contribution >= 0.6 is 0 Å². The Hall–Kier alpha value is -2.40. The fraction of sp³-hybridized carbons (Fsp3) is 0.250. The molecule has 2 rings (SSSR count). The molecule has 0 unspecified atom stereocenters.